The molecule has 16 nitrogen and oxygen atoms in total. The van der Waals surface area contributed by atoms with Crippen molar-refractivity contribution in [2.75, 3.05) is 13.2 Å². The minimum atomic E-state index is -2.44. The molecule has 2 unspecified atom stereocenters. The third-order valence-corrected chi connectivity index (χ3v) is 13.8. The van der Waals surface area contributed by atoms with Crippen LogP contribution in [0.5, 0.6) is 0 Å². The first-order valence-electron chi connectivity index (χ1n) is 21.7. The molecule has 4 N–H and O–H groups in total. The molecule has 0 aromatic heterocycles. The summed E-state index contributed by atoms with van der Waals surface area (Å²) in [6, 6.07) is 22.9. The van der Waals surface area contributed by atoms with E-state index in [2.05, 4.69) is 5.32 Å². The van der Waals surface area contributed by atoms with Gasteiger partial charge in [0.05, 0.1) is 42.3 Å². The first-order chi connectivity index (χ1) is 30.8. The van der Waals surface area contributed by atoms with Crippen molar-refractivity contribution in [3.63, 3.8) is 0 Å². The first kappa shape index (κ1) is 47.0. The van der Waals surface area contributed by atoms with Crippen LogP contribution in [0.2, 0.25) is 0 Å². The second-order valence-electron chi connectivity index (χ2n) is 18.0. The van der Waals surface area contributed by atoms with Crippen LogP contribution in [-0.4, -0.2) is 112 Å². The van der Waals surface area contributed by atoms with Crippen molar-refractivity contribution in [1.29, 1.82) is 0 Å². The molecule has 0 spiro atoms. The molecule has 346 valence electrons. The lowest BCUT2D eigenvalue weighted by atomic mass is 9.44. The number of amides is 1. The first-order valence-corrected chi connectivity index (χ1v) is 21.7. The number of nitrogens with one attached hydrogen (secondary N) is 1. The van der Waals surface area contributed by atoms with Gasteiger partial charge in [0.1, 0.15) is 23.9 Å². The highest BCUT2D eigenvalue weighted by Gasteiger charge is 2.78. The van der Waals surface area contributed by atoms with E-state index in [0.29, 0.717) is 12.0 Å². The summed E-state index contributed by atoms with van der Waals surface area (Å²) in [5.74, 6) is -6.22. The quantitative estimate of drug-likeness (QED) is 0.109. The minimum Gasteiger partial charge on any atom is -0.456 e. The second kappa shape index (κ2) is 18.1. The van der Waals surface area contributed by atoms with Gasteiger partial charge in [0.2, 0.25) is 0 Å². The summed E-state index contributed by atoms with van der Waals surface area (Å²) in [5.41, 5.74) is -7.35. The number of Topliss-reactive ketones (excluding diaryl/α,β-unsaturated/α-hetero) is 1. The minimum absolute atomic E-state index is 0.0207. The van der Waals surface area contributed by atoms with Crippen LogP contribution < -0.4 is 5.32 Å². The van der Waals surface area contributed by atoms with E-state index in [1.165, 1.54) is 26.0 Å². The van der Waals surface area contributed by atoms with Crippen molar-refractivity contribution < 1.29 is 72.5 Å². The van der Waals surface area contributed by atoms with E-state index in [1.807, 2.05) is 0 Å². The van der Waals surface area contributed by atoms with Crippen LogP contribution in [0, 0.1) is 16.7 Å². The normalized spacial score (nSPS) is 30.9. The van der Waals surface area contributed by atoms with Crippen LogP contribution in [0.25, 0.3) is 0 Å². The molecule has 3 aromatic rings. The molecular formula is C49H55NO15. The van der Waals surface area contributed by atoms with E-state index in [4.69, 9.17) is 28.4 Å². The Morgan fingerprint density at radius 1 is 0.877 bits per heavy atom. The number of esters is 3. The molecule has 0 radical (unpaired) electrons. The topological polar surface area (TPSA) is 231 Å². The fourth-order valence-electron chi connectivity index (χ4n) is 10.3. The Balaban J connectivity index is 1.39. The van der Waals surface area contributed by atoms with Crippen molar-refractivity contribution in [2.24, 2.45) is 16.7 Å². The van der Waals surface area contributed by atoms with Crippen molar-refractivity contribution in [3.8, 4) is 0 Å². The van der Waals surface area contributed by atoms with Gasteiger partial charge < -0.3 is 49.1 Å². The lowest BCUT2D eigenvalue weighted by molar-refractivity contribution is -0.344. The zero-order valence-corrected chi connectivity index (χ0v) is 37.1. The number of benzene rings is 3. The predicted molar refractivity (Wildman–Crippen MR) is 229 cm³/mol. The van der Waals surface area contributed by atoms with Gasteiger partial charge >= 0.3 is 24.1 Å². The van der Waals surface area contributed by atoms with Crippen molar-refractivity contribution >= 4 is 35.8 Å². The largest absolute Gasteiger partial charge is 0.509 e. The summed E-state index contributed by atoms with van der Waals surface area (Å²) in [5, 5.41) is 40.5. The maximum absolute atomic E-state index is 15.6. The lowest BCUT2D eigenvalue weighted by Crippen LogP contribution is -2.82. The van der Waals surface area contributed by atoms with E-state index < -0.39 is 113 Å². The summed E-state index contributed by atoms with van der Waals surface area (Å²) >= 11 is 0. The summed E-state index contributed by atoms with van der Waals surface area (Å²) in [6.45, 7) is 8.45. The molecule has 2 saturated carbocycles. The van der Waals surface area contributed by atoms with Gasteiger partial charge in [-0.1, -0.05) is 87.5 Å². The molecule has 1 saturated heterocycles. The van der Waals surface area contributed by atoms with Gasteiger partial charge in [-0.05, 0) is 61.2 Å². The third-order valence-electron chi connectivity index (χ3n) is 13.8. The van der Waals surface area contributed by atoms with E-state index in [1.54, 1.807) is 99.6 Å². The SMILES string of the molecule is CCCOC(=O)O[C@@]12CO[C@@H]1C[C@H](O)[C@@]1(C)C(=O)[C@H](OC(C)=O)C3=C(C)[C@@H](OC(=O)[C@H](O)C(NC(=O)c4ccccc4)c4ccccc4)C[C@@](O)([C@@H](OC(=O)c4ccccc4)C12)C3(C)C. The monoisotopic (exact) mass is 897 g/mol. The smallest absolute Gasteiger partial charge is 0.456 e. The number of fused-ring (bicyclic) bond motifs is 5. The molecule has 1 aliphatic heterocycles. The van der Waals surface area contributed by atoms with Crippen LogP contribution in [0.1, 0.15) is 93.1 Å². The number of hydrogen-bond acceptors (Lipinski definition) is 15. The average molecular weight is 898 g/mol. The molecule has 1 amide bonds. The molecule has 7 rings (SSSR count). The zero-order chi connectivity index (χ0) is 47.1. The number of hydrogen-bond donors (Lipinski definition) is 4. The van der Waals surface area contributed by atoms with Crippen LogP contribution in [0.15, 0.2) is 102 Å². The summed E-state index contributed by atoms with van der Waals surface area (Å²) in [4.78, 5) is 84.4. The van der Waals surface area contributed by atoms with Gasteiger partial charge in [-0.2, -0.15) is 0 Å². The highest BCUT2D eigenvalue weighted by atomic mass is 16.8. The lowest BCUT2D eigenvalue weighted by Gasteiger charge is -2.67. The Kier molecular flexibility index (Phi) is 13.1. The second-order valence-corrected chi connectivity index (χ2v) is 18.0. The van der Waals surface area contributed by atoms with Crippen molar-refractivity contribution in [2.45, 2.75) is 115 Å². The number of carbonyl (C=O) groups is 6. The molecule has 1 heterocycles. The molecular weight excluding hydrogens is 843 g/mol. The number of ether oxygens (including phenoxy) is 6. The van der Waals surface area contributed by atoms with Gasteiger partial charge in [0.15, 0.2) is 23.6 Å². The fraction of sp³-hybridized carbons (Fsp3) is 0.469. The molecule has 11 atom stereocenters. The maximum atomic E-state index is 15.6. The van der Waals surface area contributed by atoms with Crippen LogP contribution in [0.4, 0.5) is 4.79 Å². The molecule has 16 heteroatoms. The highest BCUT2D eigenvalue weighted by molar-refractivity contribution is 5.96. The third kappa shape index (κ3) is 8.21. The Morgan fingerprint density at radius 3 is 2.05 bits per heavy atom. The predicted octanol–water partition coefficient (Wildman–Crippen LogP) is 4.74. The van der Waals surface area contributed by atoms with E-state index in [-0.39, 0.29) is 41.9 Å². The van der Waals surface area contributed by atoms with Gasteiger partial charge in [-0.3, -0.25) is 14.4 Å². The number of carbonyl (C=O) groups excluding carboxylic acids is 6. The van der Waals surface area contributed by atoms with Gasteiger partial charge in [-0.25, -0.2) is 14.4 Å². The number of aliphatic hydroxyl groups excluding tert-OH is 2. The molecule has 65 heavy (non-hydrogen) atoms. The van der Waals surface area contributed by atoms with Crippen LogP contribution in [-0.2, 0) is 42.8 Å². The van der Waals surface area contributed by atoms with Crippen LogP contribution >= 0.6 is 0 Å². The van der Waals surface area contributed by atoms with Crippen LogP contribution in [0.3, 0.4) is 0 Å². The Labute approximate surface area is 376 Å². The summed E-state index contributed by atoms with van der Waals surface area (Å²) in [7, 11) is 0. The number of ketones is 1. The molecule has 3 fully saturated rings. The Hall–Kier alpha value is -5.94. The average Bonchev–Trinajstić information content (AvgIpc) is 3.28. The molecule has 2 bridgehead atoms. The molecule has 3 aromatic carbocycles. The van der Waals surface area contributed by atoms with E-state index >= 15 is 4.79 Å². The zero-order valence-electron chi connectivity index (χ0n) is 37.1. The molecule has 3 aliphatic carbocycles. The van der Waals surface area contributed by atoms with Gasteiger partial charge in [-0.15, -0.1) is 0 Å². The fourth-order valence-corrected chi connectivity index (χ4v) is 10.3. The van der Waals surface area contributed by atoms with E-state index in [0.717, 1.165) is 6.92 Å². The van der Waals surface area contributed by atoms with Crippen molar-refractivity contribution in [1.82, 2.24) is 5.32 Å². The maximum Gasteiger partial charge on any atom is 0.509 e. The molecule has 4 aliphatic rings. The van der Waals surface area contributed by atoms with Gasteiger partial charge in [0, 0.05) is 30.7 Å². The Bertz CT molecular complexity index is 2340. The number of rotatable bonds is 12. The summed E-state index contributed by atoms with van der Waals surface area (Å²) in [6.07, 6.45) is -11.5. The number of aliphatic hydroxyl groups is 3. The van der Waals surface area contributed by atoms with Crippen molar-refractivity contribution in [3.05, 3.63) is 119 Å². The Morgan fingerprint density at radius 2 is 1.48 bits per heavy atom. The standard InChI is InChI=1S/C49H55NO15/c1-7-23-60-45(58)65-48-26-61-34(48)24-33(52)47(6)39(48)41(64-43(56)31-21-15-10-16-22-31)49(59)25-32(27(2)35(46(49,4)5)38(40(47)54)62-28(3)51)63-44(57)37(53)36(29-17-11-8-12-18-29)50-42(55)30-19-13-9-14-20-30/h8-22,32-34,36-39,41,52-53,59H,7,23-26H2,1-6H3,(H,50,55)/t32-,33-,34+,36?,37+,38+,39?,41-,47+,48-,49+/m0/s1. The van der Waals surface area contributed by atoms with Gasteiger partial charge in [0.25, 0.3) is 5.91 Å². The van der Waals surface area contributed by atoms with E-state index in [9.17, 15) is 39.3 Å². The summed E-state index contributed by atoms with van der Waals surface area (Å²) < 4.78 is 35.8. The highest BCUT2D eigenvalue weighted by Crippen LogP contribution is 2.64.